The van der Waals surface area contributed by atoms with E-state index in [0.717, 1.165) is 5.56 Å². The molecule has 0 bridgehead atoms. The van der Waals surface area contributed by atoms with Crippen molar-refractivity contribution in [2.24, 2.45) is 0 Å². The number of aromatic carboxylic acids is 1. The number of aromatic hydroxyl groups is 1. The number of hydrogen-bond acceptors (Lipinski definition) is 3. The molecule has 0 saturated carbocycles. The second kappa shape index (κ2) is 4.61. The van der Waals surface area contributed by atoms with E-state index in [9.17, 15) is 14.7 Å². The number of hydrogen-bond donors (Lipinski definition) is 2. The van der Waals surface area contributed by atoms with Crippen LogP contribution < -0.4 is 5.56 Å². The number of benzene rings is 1. The van der Waals surface area contributed by atoms with Gasteiger partial charge in [0.05, 0.1) is 5.69 Å². The van der Waals surface area contributed by atoms with E-state index in [1.807, 2.05) is 6.92 Å². The minimum atomic E-state index is -1.29. The van der Waals surface area contributed by atoms with E-state index in [1.165, 1.54) is 22.8 Å². The van der Waals surface area contributed by atoms with Crippen molar-refractivity contribution < 1.29 is 15.0 Å². The van der Waals surface area contributed by atoms with Gasteiger partial charge in [0.15, 0.2) is 0 Å². The summed E-state index contributed by atoms with van der Waals surface area (Å²) in [6.45, 7) is 3.49. The van der Waals surface area contributed by atoms with Crippen molar-refractivity contribution in [3.05, 3.63) is 57.5 Å². The van der Waals surface area contributed by atoms with Crippen LogP contribution in [-0.4, -0.2) is 20.7 Å². The van der Waals surface area contributed by atoms with E-state index >= 15 is 0 Å². The summed E-state index contributed by atoms with van der Waals surface area (Å²) in [5, 5.41) is 18.9. The smallest absolute Gasteiger partial charge is 0.341 e. The SMILES string of the molecule is Cc1ccc(-n2c(C)ccc(C(=O)O)c2=O)c(O)c1. The first-order chi connectivity index (χ1) is 8.91. The Morgan fingerprint density at radius 3 is 2.42 bits per heavy atom. The zero-order valence-corrected chi connectivity index (χ0v) is 10.5. The third kappa shape index (κ3) is 2.22. The van der Waals surface area contributed by atoms with Crippen molar-refractivity contribution in [2.75, 3.05) is 0 Å². The van der Waals surface area contributed by atoms with Crippen molar-refractivity contribution in [1.29, 1.82) is 0 Å². The fourth-order valence-corrected chi connectivity index (χ4v) is 1.92. The number of phenolic OH excluding ortho intramolecular Hbond substituents is 1. The molecular formula is C14H13NO4. The molecule has 1 aromatic heterocycles. The lowest BCUT2D eigenvalue weighted by atomic mass is 10.1. The summed E-state index contributed by atoms with van der Waals surface area (Å²) >= 11 is 0. The molecule has 0 radical (unpaired) electrons. The molecule has 2 rings (SSSR count). The van der Waals surface area contributed by atoms with Gasteiger partial charge in [-0.15, -0.1) is 0 Å². The van der Waals surface area contributed by atoms with Gasteiger partial charge in [0, 0.05) is 5.69 Å². The quantitative estimate of drug-likeness (QED) is 0.862. The fraction of sp³-hybridized carbons (Fsp3) is 0.143. The first-order valence-corrected chi connectivity index (χ1v) is 5.67. The standard InChI is InChI=1S/C14H13NO4/c1-8-3-6-11(12(16)7-8)15-9(2)4-5-10(13(15)17)14(18)19/h3-7,16H,1-2H3,(H,18,19). The van der Waals surface area contributed by atoms with E-state index in [2.05, 4.69) is 0 Å². The first-order valence-electron chi connectivity index (χ1n) is 5.67. The average Bonchev–Trinajstić information content (AvgIpc) is 2.31. The van der Waals surface area contributed by atoms with Gasteiger partial charge in [-0.3, -0.25) is 9.36 Å². The lowest BCUT2D eigenvalue weighted by Crippen LogP contribution is -2.26. The molecule has 0 fully saturated rings. The van der Waals surface area contributed by atoms with Crippen LogP contribution in [0.5, 0.6) is 5.75 Å². The molecule has 0 atom stereocenters. The summed E-state index contributed by atoms with van der Waals surface area (Å²) < 4.78 is 1.19. The van der Waals surface area contributed by atoms with E-state index in [4.69, 9.17) is 5.11 Å². The van der Waals surface area contributed by atoms with Crippen molar-refractivity contribution in [3.63, 3.8) is 0 Å². The predicted octanol–water partition coefficient (Wildman–Crippen LogP) is 1.86. The molecule has 1 aromatic carbocycles. The molecule has 0 saturated heterocycles. The summed E-state index contributed by atoms with van der Waals surface area (Å²) in [5.41, 5.74) is 0.684. The van der Waals surface area contributed by atoms with Crippen LogP contribution >= 0.6 is 0 Å². The van der Waals surface area contributed by atoms with Gasteiger partial charge in [-0.25, -0.2) is 4.79 Å². The minimum Gasteiger partial charge on any atom is -0.506 e. The fourth-order valence-electron chi connectivity index (χ4n) is 1.92. The molecule has 0 aliphatic rings. The summed E-state index contributed by atoms with van der Waals surface area (Å²) in [5.74, 6) is -1.35. The number of carboxylic acids is 1. The lowest BCUT2D eigenvalue weighted by Gasteiger charge is -2.12. The Morgan fingerprint density at radius 1 is 1.16 bits per heavy atom. The van der Waals surface area contributed by atoms with Crippen LogP contribution in [0.1, 0.15) is 21.6 Å². The largest absolute Gasteiger partial charge is 0.506 e. The number of phenols is 1. The Morgan fingerprint density at radius 2 is 1.84 bits per heavy atom. The molecular weight excluding hydrogens is 246 g/mol. The monoisotopic (exact) mass is 259 g/mol. The number of carboxylic acid groups (broad SMARTS) is 1. The molecule has 2 N–H and O–H groups in total. The van der Waals surface area contributed by atoms with E-state index in [-0.39, 0.29) is 17.0 Å². The van der Waals surface area contributed by atoms with Crippen LogP contribution in [0.3, 0.4) is 0 Å². The Labute approximate surface area is 109 Å². The Hall–Kier alpha value is -2.56. The molecule has 0 aliphatic carbocycles. The second-order valence-corrected chi connectivity index (χ2v) is 4.33. The molecule has 19 heavy (non-hydrogen) atoms. The highest BCUT2D eigenvalue weighted by molar-refractivity contribution is 5.87. The topological polar surface area (TPSA) is 79.5 Å². The number of rotatable bonds is 2. The van der Waals surface area contributed by atoms with Crippen molar-refractivity contribution >= 4 is 5.97 Å². The molecule has 0 aliphatic heterocycles. The van der Waals surface area contributed by atoms with Crippen LogP contribution in [-0.2, 0) is 0 Å². The van der Waals surface area contributed by atoms with Crippen LogP contribution in [0.25, 0.3) is 5.69 Å². The van der Waals surface area contributed by atoms with Crippen molar-refractivity contribution in [2.45, 2.75) is 13.8 Å². The molecule has 0 unspecified atom stereocenters. The Kier molecular flexibility index (Phi) is 3.12. The summed E-state index contributed by atoms with van der Waals surface area (Å²) in [6, 6.07) is 7.65. The van der Waals surface area contributed by atoms with E-state index in [1.54, 1.807) is 19.1 Å². The van der Waals surface area contributed by atoms with Gasteiger partial charge >= 0.3 is 5.97 Å². The molecule has 0 amide bonds. The summed E-state index contributed by atoms with van der Waals surface area (Å²) in [6.07, 6.45) is 0. The highest BCUT2D eigenvalue weighted by Gasteiger charge is 2.15. The Balaban J connectivity index is 2.78. The highest BCUT2D eigenvalue weighted by atomic mass is 16.4. The zero-order valence-electron chi connectivity index (χ0n) is 10.5. The van der Waals surface area contributed by atoms with Crippen LogP contribution in [0.4, 0.5) is 0 Å². The second-order valence-electron chi connectivity index (χ2n) is 4.33. The number of pyridine rings is 1. The van der Waals surface area contributed by atoms with Crippen molar-refractivity contribution in [3.8, 4) is 11.4 Å². The Bertz CT molecular complexity index is 716. The van der Waals surface area contributed by atoms with Gasteiger partial charge in [0.2, 0.25) is 0 Å². The number of aryl methyl sites for hydroxylation is 2. The maximum atomic E-state index is 12.1. The van der Waals surface area contributed by atoms with Gasteiger partial charge in [0.25, 0.3) is 5.56 Å². The van der Waals surface area contributed by atoms with E-state index in [0.29, 0.717) is 5.69 Å². The van der Waals surface area contributed by atoms with Gasteiger partial charge < -0.3 is 10.2 Å². The summed E-state index contributed by atoms with van der Waals surface area (Å²) in [4.78, 5) is 23.1. The van der Waals surface area contributed by atoms with E-state index < -0.39 is 11.5 Å². The van der Waals surface area contributed by atoms with Gasteiger partial charge in [0.1, 0.15) is 11.3 Å². The van der Waals surface area contributed by atoms with Crippen LogP contribution in [0.15, 0.2) is 35.1 Å². The maximum Gasteiger partial charge on any atom is 0.341 e. The maximum absolute atomic E-state index is 12.1. The number of aromatic nitrogens is 1. The first kappa shape index (κ1) is 12.9. The van der Waals surface area contributed by atoms with Gasteiger partial charge in [-0.05, 0) is 43.7 Å². The lowest BCUT2D eigenvalue weighted by molar-refractivity contribution is 0.0694. The molecule has 0 spiro atoms. The van der Waals surface area contributed by atoms with Crippen LogP contribution in [0.2, 0.25) is 0 Å². The van der Waals surface area contributed by atoms with Crippen LogP contribution in [0, 0.1) is 13.8 Å². The molecule has 1 heterocycles. The van der Waals surface area contributed by atoms with Crippen molar-refractivity contribution in [1.82, 2.24) is 4.57 Å². The molecule has 5 nitrogen and oxygen atoms in total. The third-order valence-corrected chi connectivity index (χ3v) is 2.88. The third-order valence-electron chi connectivity index (χ3n) is 2.88. The molecule has 5 heteroatoms. The minimum absolute atomic E-state index is 0.0623. The average molecular weight is 259 g/mol. The van der Waals surface area contributed by atoms with Gasteiger partial charge in [-0.2, -0.15) is 0 Å². The normalized spacial score (nSPS) is 10.4. The predicted molar refractivity (Wildman–Crippen MR) is 70.1 cm³/mol. The summed E-state index contributed by atoms with van der Waals surface area (Å²) in [7, 11) is 0. The van der Waals surface area contributed by atoms with Gasteiger partial charge in [-0.1, -0.05) is 6.07 Å². The zero-order chi connectivity index (χ0) is 14.2. The molecule has 98 valence electrons. The molecule has 2 aromatic rings. The number of carbonyl (C=O) groups is 1. The number of nitrogens with zero attached hydrogens (tertiary/aromatic N) is 1. The highest BCUT2D eigenvalue weighted by Crippen LogP contribution is 2.22.